The van der Waals surface area contributed by atoms with Crippen molar-refractivity contribution < 1.29 is 35.4 Å². The van der Waals surface area contributed by atoms with E-state index in [1.807, 2.05) is 0 Å². The lowest BCUT2D eigenvalue weighted by Crippen LogP contribution is -2.75. The highest BCUT2D eigenvalue weighted by molar-refractivity contribution is 5.70. The molecule has 0 fully saturated rings. The summed E-state index contributed by atoms with van der Waals surface area (Å²) in [5.41, 5.74) is 3.25. The van der Waals surface area contributed by atoms with Crippen LogP contribution in [0.2, 0.25) is 0 Å². The fraction of sp³-hybridized carbons (Fsp3) is 0.727. The van der Waals surface area contributed by atoms with Crippen molar-refractivity contribution in [2.75, 3.05) is 0 Å². The SMILES string of the molecule is CCCCCCC/C=C/CCCC/C=C/[C@H](OC(C)=O)[C@@H](O)[C@H](O)[C@H]([NH3+])C(=O)[O-]. The van der Waals surface area contributed by atoms with Gasteiger partial charge in [0, 0.05) is 6.92 Å². The molecule has 0 bridgehead atoms. The van der Waals surface area contributed by atoms with E-state index < -0.39 is 36.3 Å². The molecule has 0 amide bonds. The van der Waals surface area contributed by atoms with Gasteiger partial charge in [-0.25, -0.2) is 0 Å². The van der Waals surface area contributed by atoms with Gasteiger partial charge in [0.15, 0.2) is 6.04 Å². The molecular weight excluding hydrogens is 374 g/mol. The van der Waals surface area contributed by atoms with E-state index in [4.69, 9.17) is 4.74 Å². The average molecular weight is 414 g/mol. The Bertz CT molecular complexity index is 506. The number of carbonyl (C=O) groups is 2. The third kappa shape index (κ3) is 14.0. The Kier molecular flexibility index (Phi) is 16.2. The number of hydrogen-bond acceptors (Lipinski definition) is 6. The predicted octanol–water partition coefficient (Wildman–Crippen LogP) is 1.03. The first-order valence-corrected chi connectivity index (χ1v) is 10.7. The number of carboxylic acid groups (broad SMARTS) is 1. The highest BCUT2D eigenvalue weighted by Crippen LogP contribution is 2.11. The molecule has 0 heterocycles. The number of aliphatic hydroxyl groups is 2. The Morgan fingerprint density at radius 1 is 0.931 bits per heavy atom. The lowest BCUT2D eigenvalue weighted by atomic mass is 10.0. The molecule has 0 aromatic rings. The second-order valence-electron chi connectivity index (χ2n) is 7.37. The topological polar surface area (TPSA) is 135 Å². The molecule has 0 radical (unpaired) electrons. The molecule has 0 saturated carbocycles. The van der Waals surface area contributed by atoms with E-state index in [0.29, 0.717) is 0 Å². The van der Waals surface area contributed by atoms with Gasteiger partial charge in [0.05, 0.1) is 0 Å². The number of unbranched alkanes of at least 4 members (excludes halogenated alkanes) is 8. The minimum atomic E-state index is -1.71. The molecule has 0 spiro atoms. The number of carbonyl (C=O) groups excluding carboxylic acids is 2. The Labute approximate surface area is 174 Å². The molecular formula is C22H39NO6. The molecule has 0 unspecified atom stereocenters. The predicted molar refractivity (Wildman–Crippen MR) is 109 cm³/mol. The third-order valence-corrected chi connectivity index (χ3v) is 4.66. The maximum atomic E-state index is 11.2. The number of rotatable bonds is 17. The fourth-order valence-electron chi connectivity index (χ4n) is 2.84. The minimum Gasteiger partial charge on any atom is -0.544 e. The number of allylic oxidation sites excluding steroid dienone is 3. The number of quaternary nitrogens is 1. The van der Waals surface area contributed by atoms with E-state index >= 15 is 0 Å². The van der Waals surface area contributed by atoms with E-state index in [-0.39, 0.29) is 0 Å². The monoisotopic (exact) mass is 413 g/mol. The van der Waals surface area contributed by atoms with Gasteiger partial charge >= 0.3 is 5.97 Å². The first-order valence-electron chi connectivity index (χ1n) is 10.7. The fourth-order valence-corrected chi connectivity index (χ4v) is 2.84. The van der Waals surface area contributed by atoms with E-state index in [2.05, 4.69) is 24.8 Å². The zero-order chi connectivity index (χ0) is 22.1. The minimum absolute atomic E-state index is 0.639. The molecule has 0 rings (SSSR count). The number of esters is 1. The summed E-state index contributed by atoms with van der Waals surface area (Å²) in [6.45, 7) is 3.39. The van der Waals surface area contributed by atoms with Gasteiger partial charge in [0.2, 0.25) is 0 Å². The van der Waals surface area contributed by atoms with Gasteiger partial charge < -0.3 is 30.6 Å². The average Bonchev–Trinajstić information content (AvgIpc) is 2.68. The summed E-state index contributed by atoms with van der Waals surface area (Å²) in [4.78, 5) is 22.0. The Morgan fingerprint density at radius 2 is 1.45 bits per heavy atom. The van der Waals surface area contributed by atoms with Crippen molar-refractivity contribution in [1.29, 1.82) is 0 Å². The van der Waals surface area contributed by atoms with Crippen LogP contribution in [0, 0.1) is 0 Å². The standard InChI is InChI=1S/C22H39NO6/c1-3-4-5-6-7-8-9-10-11-12-13-14-15-16-18(29-17(2)24)20(25)21(26)19(23)22(27)28/h9-10,15-16,18-21,25-26H,3-8,11-14,23H2,1-2H3,(H,27,28)/b10-9+,16-15+/t18-,19-,20+,21+/m0/s1. The second-order valence-corrected chi connectivity index (χ2v) is 7.37. The van der Waals surface area contributed by atoms with Crippen molar-refractivity contribution >= 4 is 11.9 Å². The van der Waals surface area contributed by atoms with Crippen molar-refractivity contribution in [1.82, 2.24) is 0 Å². The van der Waals surface area contributed by atoms with E-state index in [9.17, 15) is 24.9 Å². The zero-order valence-corrected chi connectivity index (χ0v) is 17.9. The van der Waals surface area contributed by atoms with Gasteiger partial charge in [-0.05, 0) is 44.6 Å². The van der Waals surface area contributed by atoms with Crippen LogP contribution in [0.15, 0.2) is 24.3 Å². The van der Waals surface area contributed by atoms with Crippen molar-refractivity contribution in [3.8, 4) is 0 Å². The van der Waals surface area contributed by atoms with Crippen LogP contribution in [0.1, 0.15) is 78.1 Å². The Morgan fingerprint density at radius 3 is 1.97 bits per heavy atom. The Balaban J connectivity index is 4.19. The first kappa shape index (κ1) is 27.3. The zero-order valence-electron chi connectivity index (χ0n) is 17.9. The maximum Gasteiger partial charge on any atom is 0.303 e. The molecule has 0 saturated heterocycles. The van der Waals surface area contributed by atoms with Crippen LogP contribution in [-0.4, -0.2) is 46.5 Å². The van der Waals surface area contributed by atoms with Gasteiger partial charge in [-0.1, -0.05) is 50.8 Å². The summed E-state index contributed by atoms with van der Waals surface area (Å²) in [6, 6.07) is -1.53. The number of aliphatic carboxylic acids is 1. The molecule has 168 valence electrons. The molecule has 0 aliphatic rings. The summed E-state index contributed by atoms with van der Waals surface area (Å²) in [5, 5.41) is 30.8. The first-order chi connectivity index (χ1) is 13.8. The molecule has 29 heavy (non-hydrogen) atoms. The van der Waals surface area contributed by atoms with Crippen LogP contribution < -0.4 is 10.8 Å². The summed E-state index contributed by atoms with van der Waals surface area (Å²) < 4.78 is 4.98. The molecule has 0 aromatic carbocycles. The van der Waals surface area contributed by atoms with Crippen molar-refractivity contribution in [3.63, 3.8) is 0 Å². The van der Waals surface area contributed by atoms with Crippen LogP contribution in [0.5, 0.6) is 0 Å². The molecule has 7 nitrogen and oxygen atoms in total. The highest BCUT2D eigenvalue weighted by Gasteiger charge is 2.33. The largest absolute Gasteiger partial charge is 0.544 e. The van der Waals surface area contributed by atoms with Crippen molar-refractivity contribution in [2.24, 2.45) is 0 Å². The summed E-state index contributed by atoms with van der Waals surface area (Å²) in [7, 11) is 0. The molecule has 7 heteroatoms. The summed E-state index contributed by atoms with van der Waals surface area (Å²) in [6.07, 6.45) is 14.5. The highest BCUT2D eigenvalue weighted by atomic mass is 16.6. The van der Waals surface area contributed by atoms with E-state index in [0.717, 1.165) is 32.1 Å². The molecule has 5 N–H and O–H groups in total. The van der Waals surface area contributed by atoms with Gasteiger partial charge in [0.25, 0.3) is 0 Å². The van der Waals surface area contributed by atoms with Gasteiger partial charge in [-0.15, -0.1) is 0 Å². The van der Waals surface area contributed by atoms with Crippen LogP contribution in [0.3, 0.4) is 0 Å². The maximum absolute atomic E-state index is 11.2. The normalized spacial score (nSPS) is 16.0. The van der Waals surface area contributed by atoms with Crippen molar-refractivity contribution in [2.45, 2.75) is 102 Å². The summed E-state index contributed by atoms with van der Waals surface area (Å²) in [5.74, 6) is -2.23. The number of carboxylic acids is 1. The molecule has 0 aliphatic carbocycles. The van der Waals surface area contributed by atoms with E-state index in [1.54, 1.807) is 6.08 Å². The number of ether oxygens (including phenoxy) is 1. The third-order valence-electron chi connectivity index (χ3n) is 4.66. The van der Waals surface area contributed by atoms with Crippen molar-refractivity contribution in [3.05, 3.63) is 24.3 Å². The van der Waals surface area contributed by atoms with Crippen LogP contribution >= 0.6 is 0 Å². The second kappa shape index (κ2) is 17.2. The van der Waals surface area contributed by atoms with E-state index in [1.165, 1.54) is 45.1 Å². The number of aliphatic hydroxyl groups excluding tert-OH is 2. The lowest BCUT2D eigenvalue weighted by Gasteiger charge is -2.26. The summed E-state index contributed by atoms with van der Waals surface area (Å²) >= 11 is 0. The van der Waals surface area contributed by atoms with Crippen LogP contribution in [-0.2, 0) is 14.3 Å². The molecule has 0 aromatic heterocycles. The van der Waals surface area contributed by atoms with Crippen LogP contribution in [0.25, 0.3) is 0 Å². The quantitative estimate of drug-likeness (QED) is 0.185. The van der Waals surface area contributed by atoms with Gasteiger partial charge in [-0.3, -0.25) is 4.79 Å². The molecule has 4 atom stereocenters. The van der Waals surface area contributed by atoms with Gasteiger partial charge in [-0.2, -0.15) is 0 Å². The molecule has 0 aliphatic heterocycles. The smallest absolute Gasteiger partial charge is 0.303 e. The number of hydrogen-bond donors (Lipinski definition) is 3. The Hall–Kier alpha value is -1.70. The van der Waals surface area contributed by atoms with Crippen LogP contribution in [0.4, 0.5) is 0 Å². The van der Waals surface area contributed by atoms with Gasteiger partial charge in [0.1, 0.15) is 24.3 Å². The lowest BCUT2D eigenvalue weighted by molar-refractivity contribution is -0.455.